The van der Waals surface area contributed by atoms with E-state index < -0.39 is 11.9 Å². The van der Waals surface area contributed by atoms with Gasteiger partial charge in [0.25, 0.3) is 5.91 Å². The number of nitrogens with zero attached hydrogens (tertiary/aromatic N) is 1. The largest absolute Gasteiger partial charge is 0.508 e. The zero-order valence-electron chi connectivity index (χ0n) is 11.2. The summed E-state index contributed by atoms with van der Waals surface area (Å²) < 4.78 is 5.32. The van der Waals surface area contributed by atoms with Crippen molar-refractivity contribution < 1.29 is 24.5 Å². The van der Waals surface area contributed by atoms with E-state index in [1.165, 1.54) is 17.0 Å². The molecule has 108 valence electrons. The maximum Gasteiger partial charge on any atom is 0.308 e. The Kier molecular flexibility index (Phi) is 4.12. The van der Waals surface area contributed by atoms with Crippen molar-refractivity contribution in [1.82, 2.24) is 4.90 Å². The summed E-state index contributed by atoms with van der Waals surface area (Å²) in [5.41, 5.74) is 0. The van der Waals surface area contributed by atoms with Crippen LogP contribution < -0.4 is 4.74 Å². The number of phenols is 1. The summed E-state index contributed by atoms with van der Waals surface area (Å²) >= 11 is 0. The van der Waals surface area contributed by atoms with Gasteiger partial charge in [0.1, 0.15) is 11.5 Å². The van der Waals surface area contributed by atoms with Gasteiger partial charge in [0.2, 0.25) is 0 Å². The fourth-order valence-corrected chi connectivity index (χ4v) is 2.27. The summed E-state index contributed by atoms with van der Waals surface area (Å²) in [4.78, 5) is 24.5. The Hall–Kier alpha value is -2.24. The van der Waals surface area contributed by atoms with Crippen LogP contribution in [0.1, 0.15) is 6.92 Å². The van der Waals surface area contributed by atoms with E-state index in [-0.39, 0.29) is 30.7 Å². The van der Waals surface area contributed by atoms with E-state index in [4.69, 9.17) is 14.9 Å². The minimum Gasteiger partial charge on any atom is -0.508 e. The van der Waals surface area contributed by atoms with Gasteiger partial charge >= 0.3 is 5.97 Å². The average molecular weight is 279 g/mol. The van der Waals surface area contributed by atoms with Crippen molar-refractivity contribution in [3.63, 3.8) is 0 Å². The lowest BCUT2D eigenvalue weighted by atomic mass is 9.99. The first kappa shape index (κ1) is 14.2. The van der Waals surface area contributed by atoms with Gasteiger partial charge in [-0.2, -0.15) is 0 Å². The van der Waals surface area contributed by atoms with Crippen molar-refractivity contribution in [3.05, 3.63) is 24.3 Å². The van der Waals surface area contributed by atoms with Crippen molar-refractivity contribution in [2.75, 3.05) is 19.7 Å². The molecule has 1 heterocycles. The number of aliphatic carboxylic acids is 1. The molecule has 1 aromatic rings. The van der Waals surface area contributed by atoms with Crippen LogP contribution >= 0.6 is 0 Å². The highest BCUT2D eigenvalue weighted by Gasteiger charge is 2.36. The maximum absolute atomic E-state index is 12.0. The standard InChI is InChI=1S/C14H17NO5/c1-9-6-15(7-12(9)14(18)19)13(17)8-20-11-4-2-10(16)3-5-11/h2-5,9,12,16H,6-8H2,1H3,(H,18,19)/t9-,12-/m1/s1. The zero-order valence-corrected chi connectivity index (χ0v) is 11.2. The number of amides is 1. The molecule has 6 heteroatoms. The van der Waals surface area contributed by atoms with E-state index in [1.54, 1.807) is 12.1 Å². The first-order valence-corrected chi connectivity index (χ1v) is 6.40. The Morgan fingerprint density at radius 3 is 2.50 bits per heavy atom. The van der Waals surface area contributed by atoms with Crippen molar-refractivity contribution >= 4 is 11.9 Å². The second-order valence-corrected chi connectivity index (χ2v) is 5.00. The Labute approximate surface area is 116 Å². The van der Waals surface area contributed by atoms with Crippen LogP contribution in [0.3, 0.4) is 0 Å². The summed E-state index contributed by atoms with van der Waals surface area (Å²) in [6.45, 7) is 2.36. The summed E-state index contributed by atoms with van der Waals surface area (Å²) in [6.07, 6.45) is 0. The zero-order chi connectivity index (χ0) is 14.7. The molecule has 1 saturated heterocycles. The van der Waals surface area contributed by atoms with Gasteiger partial charge in [-0.05, 0) is 30.2 Å². The van der Waals surface area contributed by atoms with Crippen molar-refractivity contribution in [3.8, 4) is 11.5 Å². The van der Waals surface area contributed by atoms with Gasteiger partial charge < -0.3 is 19.8 Å². The van der Waals surface area contributed by atoms with Gasteiger partial charge in [0.15, 0.2) is 6.61 Å². The number of hydrogen-bond donors (Lipinski definition) is 2. The quantitative estimate of drug-likeness (QED) is 0.857. The second kappa shape index (κ2) is 5.81. The molecule has 1 aromatic carbocycles. The molecule has 0 saturated carbocycles. The maximum atomic E-state index is 12.0. The molecule has 6 nitrogen and oxygen atoms in total. The fourth-order valence-electron chi connectivity index (χ4n) is 2.27. The number of phenolic OH excluding ortho intramolecular Hbond substituents is 1. The van der Waals surface area contributed by atoms with Crippen LogP contribution in [0.5, 0.6) is 11.5 Å². The van der Waals surface area contributed by atoms with Crippen LogP contribution in [0.15, 0.2) is 24.3 Å². The van der Waals surface area contributed by atoms with Gasteiger partial charge in [-0.1, -0.05) is 6.92 Å². The molecule has 2 rings (SSSR count). The topological polar surface area (TPSA) is 87.1 Å². The molecule has 1 fully saturated rings. The Morgan fingerprint density at radius 2 is 1.95 bits per heavy atom. The van der Waals surface area contributed by atoms with Gasteiger partial charge in [-0.15, -0.1) is 0 Å². The van der Waals surface area contributed by atoms with Crippen LogP contribution in [0.2, 0.25) is 0 Å². The highest BCUT2D eigenvalue weighted by molar-refractivity contribution is 5.80. The molecule has 2 N–H and O–H groups in total. The number of ether oxygens (including phenoxy) is 1. The lowest BCUT2D eigenvalue weighted by Crippen LogP contribution is -2.33. The lowest BCUT2D eigenvalue weighted by molar-refractivity contribution is -0.142. The SMILES string of the molecule is C[C@@H]1CN(C(=O)COc2ccc(O)cc2)C[C@H]1C(=O)O. The third-order valence-corrected chi connectivity index (χ3v) is 3.48. The molecule has 0 unspecified atom stereocenters. The van der Waals surface area contributed by atoms with Gasteiger partial charge in [-0.25, -0.2) is 0 Å². The van der Waals surface area contributed by atoms with E-state index in [0.717, 1.165) is 0 Å². The predicted molar refractivity (Wildman–Crippen MR) is 70.5 cm³/mol. The first-order chi connectivity index (χ1) is 9.47. The smallest absolute Gasteiger partial charge is 0.308 e. The Bertz CT molecular complexity index is 499. The van der Waals surface area contributed by atoms with Gasteiger partial charge in [-0.3, -0.25) is 9.59 Å². The number of hydrogen-bond acceptors (Lipinski definition) is 4. The molecule has 2 atom stereocenters. The summed E-state index contributed by atoms with van der Waals surface area (Å²) in [5.74, 6) is -1.04. The first-order valence-electron chi connectivity index (χ1n) is 6.40. The van der Waals surface area contributed by atoms with E-state index in [0.29, 0.717) is 12.3 Å². The number of rotatable bonds is 4. The number of likely N-dealkylation sites (tertiary alicyclic amines) is 1. The molecular formula is C14H17NO5. The summed E-state index contributed by atoms with van der Waals surface area (Å²) in [5, 5.41) is 18.2. The van der Waals surface area contributed by atoms with E-state index >= 15 is 0 Å². The Morgan fingerprint density at radius 1 is 1.30 bits per heavy atom. The van der Waals surface area contributed by atoms with Crippen LogP contribution in [-0.4, -0.2) is 46.7 Å². The number of carbonyl (C=O) groups excluding carboxylic acids is 1. The molecule has 0 spiro atoms. The third kappa shape index (κ3) is 3.20. The van der Waals surface area contributed by atoms with E-state index in [2.05, 4.69) is 0 Å². The van der Waals surface area contributed by atoms with E-state index in [9.17, 15) is 9.59 Å². The van der Waals surface area contributed by atoms with Gasteiger partial charge in [0, 0.05) is 13.1 Å². The molecule has 20 heavy (non-hydrogen) atoms. The number of carboxylic acid groups (broad SMARTS) is 1. The molecule has 1 aliphatic heterocycles. The van der Waals surface area contributed by atoms with Crippen LogP contribution in [0.25, 0.3) is 0 Å². The minimum atomic E-state index is -0.868. The molecule has 0 radical (unpaired) electrons. The van der Waals surface area contributed by atoms with Crippen molar-refractivity contribution in [1.29, 1.82) is 0 Å². The van der Waals surface area contributed by atoms with Crippen molar-refractivity contribution in [2.24, 2.45) is 11.8 Å². The second-order valence-electron chi connectivity index (χ2n) is 5.00. The van der Waals surface area contributed by atoms with Crippen LogP contribution in [-0.2, 0) is 9.59 Å². The highest BCUT2D eigenvalue weighted by Crippen LogP contribution is 2.23. The number of benzene rings is 1. The fraction of sp³-hybridized carbons (Fsp3) is 0.429. The number of aromatic hydroxyl groups is 1. The highest BCUT2D eigenvalue weighted by atomic mass is 16.5. The summed E-state index contributed by atoms with van der Waals surface area (Å²) in [7, 11) is 0. The Balaban J connectivity index is 1.87. The number of carboxylic acids is 1. The van der Waals surface area contributed by atoms with Gasteiger partial charge in [0.05, 0.1) is 5.92 Å². The summed E-state index contributed by atoms with van der Waals surface area (Å²) in [6, 6.07) is 6.07. The minimum absolute atomic E-state index is 0.0508. The molecular weight excluding hydrogens is 262 g/mol. The molecule has 0 aromatic heterocycles. The third-order valence-electron chi connectivity index (χ3n) is 3.48. The van der Waals surface area contributed by atoms with Crippen LogP contribution in [0, 0.1) is 11.8 Å². The average Bonchev–Trinajstić information content (AvgIpc) is 2.80. The molecule has 0 aliphatic carbocycles. The molecule has 0 bridgehead atoms. The van der Waals surface area contributed by atoms with E-state index in [1.807, 2.05) is 6.92 Å². The normalized spacial score (nSPS) is 21.8. The molecule has 1 aliphatic rings. The number of carbonyl (C=O) groups is 2. The van der Waals surface area contributed by atoms with Crippen LogP contribution in [0.4, 0.5) is 0 Å². The predicted octanol–water partition coefficient (Wildman–Crippen LogP) is 0.950. The molecule has 1 amide bonds. The van der Waals surface area contributed by atoms with Crippen molar-refractivity contribution in [2.45, 2.75) is 6.92 Å². The monoisotopic (exact) mass is 279 g/mol. The lowest BCUT2D eigenvalue weighted by Gasteiger charge is -2.16.